The van der Waals surface area contributed by atoms with Crippen LogP contribution in [-0.4, -0.2) is 94.7 Å². The first kappa shape index (κ1) is 69.3. The van der Waals surface area contributed by atoms with E-state index in [9.17, 15) is 33.6 Å². The van der Waals surface area contributed by atoms with Gasteiger partial charge in [-0.05, 0) is 180 Å². The number of carbonyl (C=O) groups is 4. The molecule has 24 heteroatoms. The van der Waals surface area contributed by atoms with E-state index in [1.54, 1.807) is 66.7 Å². The molecular weight excluding hydrogens is 1370 g/mol. The number of imidazole rings is 3. The Morgan fingerprint density at radius 3 is 1.28 bits per heavy atom. The van der Waals surface area contributed by atoms with Crippen LogP contribution in [0.25, 0.3) is 66.9 Å². The van der Waals surface area contributed by atoms with Gasteiger partial charge in [-0.3, -0.25) is 49.5 Å². The number of aromatic nitrogens is 12. The van der Waals surface area contributed by atoms with Crippen LogP contribution in [0.4, 0.5) is 17.8 Å². The van der Waals surface area contributed by atoms with E-state index in [0.717, 1.165) is 101 Å². The molecule has 109 heavy (non-hydrogen) atoms. The van der Waals surface area contributed by atoms with Crippen molar-refractivity contribution in [3.8, 4) is 33.8 Å². The molecule has 0 radical (unpaired) electrons. The maximum atomic E-state index is 13.4. The average molecular weight is 1440 g/mol. The van der Waals surface area contributed by atoms with Crippen molar-refractivity contribution >= 4 is 74.6 Å². The first-order valence-electron chi connectivity index (χ1n) is 35.7. The van der Waals surface area contributed by atoms with Gasteiger partial charge in [-0.15, -0.1) is 0 Å². The van der Waals surface area contributed by atoms with Crippen LogP contribution in [0.5, 0.6) is 0 Å². The summed E-state index contributed by atoms with van der Waals surface area (Å²) < 4.78 is 10.3. The van der Waals surface area contributed by atoms with Gasteiger partial charge in [0.05, 0.1) is 88.9 Å². The quantitative estimate of drug-likeness (QED) is 0.107. The molecule has 1 atom stereocenters. The number of carbonyl (C=O) groups excluding carboxylic acids is 4. The van der Waals surface area contributed by atoms with Crippen LogP contribution in [0.2, 0.25) is 0 Å². The van der Waals surface area contributed by atoms with E-state index in [2.05, 4.69) is 54.8 Å². The van der Waals surface area contributed by atoms with Gasteiger partial charge in [0, 0.05) is 65.0 Å². The van der Waals surface area contributed by atoms with Gasteiger partial charge in [-0.2, -0.15) is 15.3 Å². The first-order chi connectivity index (χ1) is 53.1. The molecule has 538 valence electrons. The Balaban J connectivity index is 0.000000125. The lowest BCUT2D eigenvalue weighted by molar-refractivity contribution is -0.118. The number of hydrogen-bond acceptors (Lipinski definition) is 14. The summed E-state index contributed by atoms with van der Waals surface area (Å²) in [6, 6.07) is 75.1. The highest BCUT2D eigenvalue weighted by molar-refractivity contribution is 6.06. The minimum atomic E-state index is -0.349. The standard InChI is InChI=1S/C30H26N6O3.C28H24N6O2.C27H21N5O2/c1-19(37)31-13-12-20-8-10-27-26(16-20)32-30-33-29(39)24-7-3-5-22(15-24)18-36-28(38)11-9-25(34-36)23-6-2-4-21(14-23)17-35(27)30;29-12-11-18-7-9-25-24(15-18)30-28-31-27(36)22-6-2-4-20(14-22)17-34-26(35)10-8-23(32-34)21-5-1-3-19(13-21)16-33(25)28;1-17-19-7-5-9-21(15-19)26(34)29-27-28-23-10-2-3-11-24(23)31(27)16-18-6-4-8-20(14-18)22-12-13-25(33)32(17)30-22/h2-11,14-16H,12-13,17-18H2,1H3,(H,31,37)(H,32,33,39);1-10,13-15H,11-12,16-17,29H2,(H,30,31,36);2-15,17H,16H2,1H3,(H,28,29,34). The number of hydrogen-bond donors (Lipinski definition) is 5. The molecule has 0 spiro atoms. The third kappa shape index (κ3) is 14.9. The third-order valence-corrected chi connectivity index (χ3v) is 19.5. The minimum Gasteiger partial charge on any atom is -0.356 e. The van der Waals surface area contributed by atoms with Gasteiger partial charge in [-0.1, -0.05) is 115 Å². The van der Waals surface area contributed by atoms with Gasteiger partial charge in [0.1, 0.15) is 0 Å². The van der Waals surface area contributed by atoms with E-state index in [1.807, 2.05) is 166 Å². The van der Waals surface area contributed by atoms with Crippen LogP contribution >= 0.6 is 0 Å². The summed E-state index contributed by atoms with van der Waals surface area (Å²) in [5.41, 5.74) is 24.1. The molecule has 0 fully saturated rings. The lowest BCUT2D eigenvalue weighted by Gasteiger charge is -2.16. The second-order valence-electron chi connectivity index (χ2n) is 27.1. The molecule has 18 rings (SSSR count). The van der Waals surface area contributed by atoms with Crippen molar-refractivity contribution in [2.75, 3.05) is 29.0 Å². The van der Waals surface area contributed by atoms with E-state index < -0.39 is 0 Å². The largest absolute Gasteiger partial charge is 0.356 e. The highest BCUT2D eigenvalue weighted by Crippen LogP contribution is 2.31. The van der Waals surface area contributed by atoms with E-state index in [-0.39, 0.29) is 59.4 Å². The predicted octanol–water partition coefficient (Wildman–Crippen LogP) is 11.5. The molecule has 4 amide bonds. The fraction of sp³-hybridized carbons (Fsp3) is 0.141. The smallest absolute Gasteiger partial charge is 0.267 e. The zero-order valence-corrected chi connectivity index (χ0v) is 59.3. The monoisotopic (exact) mass is 1440 g/mol. The van der Waals surface area contributed by atoms with Crippen LogP contribution in [0.3, 0.4) is 0 Å². The van der Waals surface area contributed by atoms with Crippen LogP contribution in [0.1, 0.15) is 95.5 Å². The summed E-state index contributed by atoms with van der Waals surface area (Å²) in [6.07, 6.45) is 1.43. The van der Waals surface area contributed by atoms with Gasteiger partial charge in [0.25, 0.3) is 34.4 Å². The number of nitrogens with two attached hydrogens (primary N) is 1. The Bertz CT molecular complexity index is 6320. The Kier molecular flexibility index (Phi) is 18.9. The summed E-state index contributed by atoms with van der Waals surface area (Å²) in [7, 11) is 0. The maximum Gasteiger partial charge on any atom is 0.267 e. The summed E-state index contributed by atoms with van der Waals surface area (Å²) in [4.78, 5) is 103. The molecule has 6 N–H and O–H groups in total. The Morgan fingerprint density at radius 1 is 0.404 bits per heavy atom. The van der Waals surface area contributed by atoms with Crippen molar-refractivity contribution in [1.29, 1.82) is 0 Å². The van der Waals surface area contributed by atoms with Crippen molar-refractivity contribution in [2.45, 2.75) is 65.5 Å². The summed E-state index contributed by atoms with van der Waals surface area (Å²) in [6.45, 7) is 6.48. The van der Waals surface area contributed by atoms with Crippen molar-refractivity contribution in [1.82, 2.24) is 63.3 Å². The molecule has 0 saturated carbocycles. The molecule has 3 aliphatic rings. The number of benzene rings is 9. The normalized spacial score (nSPS) is 13.6. The highest BCUT2D eigenvalue weighted by Gasteiger charge is 2.23. The van der Waals surface area contributed by atoms with Gasteiger partial charge in [-0.25, -0.2) is 29.0 Å². The number of amides is 4. The molecule has 0 aliphatic carbocycles. The zero-order valence-electron chi connectivity index (χ0n) is 59.3. The lowest BCUT2D eigenvalue weighted by Crippen LogP contribution is -2.26. The van der Waals surface area contributed by atoms with Crippen molar-refractivity contribution in [3.05, 3.63) is 335 Å². The first-order valence-corrected chi connectivity index (χ1v) is 35.7. The third-order valence-electron chi connectivity index (χ3n) is 19.5. The van der Waals surface area contributed by atoms with E-state index in [4.69, 9.17) is 20.7 Å². The number of para-hydroxylation sites is 2. The zero-order chi connectivity index (χ0) is 74.8. The van der Waals surface area contributed by atoms with Gasteiger partial charge in [0.15, 0.2) is 0 Å². The van der Waals surface area contributed by atoms with Crippen LogP contribution in [0, 0.1) is 0 Å². The highest BCUT2D eigenvalue weighted by atomic mass is 16.2. The number of nitrogens with zero attached hydrogens (tertiary/aromatic N) is 12. The second kappa shape index (κ2) is 29.8. The van der Waals surface area contributed by atoms with E-state index in [0.29, 0.717) is 90.8 Å². The number of fused-ring (bicyclic) bond motifs is 30. The van der Waals surface area contributed by atoms with E-state index in [1.165, 1.54) is 33.1 Å². The number of nitrogens with one attached hydrogen (secondary N) is 4. The average Bonchev–Trinajstić information content (AvgIpc) is 1.65. The maximum absolute atomic E-state index is 13.4. The topological polar surface area (TPSA) is 301 Å². The molecule has 3 aliphatic heterocycles. The molecule has 9 heterocycles. The molecule has 18 bridgehead atoms. The molecule has 1 unspecified atom stereocenters. The molecule has 6 aromatic heterocycles. The molecule has 9 aromatic carbocycles. The minimum absolute atomic E-state index is 0.0645. The number of anilines is 3. The van der Waals surface area contributed by atoms with Crippen molar-refractivity contribution in [3.63, 3.8) is 0 Å². The van der Waals surface area contributed by atoms with Crippen LogP contribution in [0.15, 0.2) is 257 Å². The fourth-order valence-corrected chi connectivity index (χ4v) is 13.9. The summed E-state index contributed by atoms with van der Waals surface area (Å²) in [5.74, 6) is 0.508. The van der Waals surface area contributed by atoms with Crippen molar-refractivity contribution < 1.29 is 19.2 Å². The Morgan fingerprint density at radius 2 is 0.798 bits per heavy atom. The molecule has 0 saturated heterocycles. The van der Waals surface area contributed by atoms with Gasteiger partial charge >= 0.3 is 0 Å². The van der Waals surface area contributed by atoms with E-state index >= 15 is 0 Å². The van der Waals surface area contributed by atoms with Crippen LogP contribution in [-0.2, 0) is 50.4 Å². The van der Waals surface area contributed by atoms with Gasteiger partial charge in [0.2, 0.25) is 23.8 Å². The molecular formula is C85H71N17O7. The summed E-state index contributed by atoms with van der Waals surface area (Å²) in [5, 5.41) is 25.7. The number of rotatable bonds is 5. The van der Waals surface area contributed by atoms with Gasteiger partial charge < -0.3 is 24.8 Å². The predicted molar refractivity (Wildman–Crippen MR) is 419 cm³/mol. The SMILES string of the molecule is CC(=O)NCCc1ccc2c(c1)nc1n2Cc2cccc(c2)-c2ccc(=O)n(n2)Cc2cccc(c2)C(=O)N1.CC1c2cccc(c2)C(=O)Nc2nc3ccccc3n2Cc2cccc(c2)-c2ccc(=O)n1n2.NCCc1ccc2c(c1)nc1n2Cc2cccc(c2)-c2ccc(=O)n(n2)Cc2cccc(c2)C(=O)N1. The second-order valence-corrected chi connectivity index (χ2v) is 27.1. The fourth-order valence-electron chi connectivity index (χ4n) is 13.9. The van der Waals surface area contributed by atoms with Crippen molar-refractivity contribution in [2.24, 2.45) is 5.73 Å². The molecule has 24 nitrogen and oxygen atoms in total. The summed E-state index contributed by atoms with van der Waals surface area (Å²) >= 11 is 0. The van der Waals surface area contributed by atoms with Crippen LogP contribution < -0.4 is 43.7 Å². The Labute approximate surface area is 622 Å². The Hall–Kier alpha value is -14.1. The molecule has 15 aromatic rings. The lowest BCUT2D eigenvalue weighted by atomic mass is 10.0.